The third-order valence-corrected chi connectivity index (χ3v) is 5.59. The fraction of sp³-hybridized carbons (Fsp3) is 0.280. The molecular weight excluding hydrogens is 518 g/mol. The normalized spacial score (nSPS) is 15.3. The number of rotatable bonds is 12. The van der Waals surface area contributed by atoms with Crippen LogP contribution in [0.1, 0.15) is 30.9 Å². The first-order valence-corrected chi connectivity index (χ1v) is 11.5. The lowest BCUT2D eigenvalue weighted by atomic mass is 9.89. The van der Waals surface area contributed by atoms with Crippen molar-refractivity contribution in [2.75, 3.05) is 6.61 Å². The van der Waals surface area contributed by atoms with Crippen LogP contribution in [-0.2, 0) is 41.8 Å². The summed E-state index contributed by atoms with van der Waals surface area (Å²) in [7, 11) is 0. The van der Waals surface area contributed by atoms with E-state index in [1.165, 1.54) is 48.5 Å². The molecule has 1 saturated heterocycles. The summed E-state index contributed by atoms with van der Waals surface area (Å²) in [6.07, 6.45) is -1.72. The highest BCUT2D eigenvalue weighted by atomic mass is 16.7. The number of carbonyl (C=O) groups excluding carboxylic acids is 4. The third-order valence-electron chi connectivity index (χ3n) is 5.59. The van der Waals surface area contributed by atoms with E-state index < -0.39 is 46.1 Å². The number of non-ortho nitro benzene ring substituents is 2. The first kappa shape index (κ1) is 28.4. The molecule has 204 valence electrons. The Kier molecular flexibility index (Phi) is 9.40. The van der Waals surface area contributed by atoms with Gasteiger partial charge in [0.2, 0.25) is 5.91 Å². The number of benzene rings is 2. The molecule has 1 heterocycles. The summed E-state index contributed by atoms with van der Waals surface area (Å²) in [5.41, 5.74) is 1.46. The van der Waals surface area contributed by atoms with E-state index >= 15 is 0 Å². The SMILES string of the molecule is C/C(COC(=O)OCc1ccc([N+](=O)[O-])cc1)=C1\C(=O)N[C@@H]1CC(=O)CC(=O)OCc1ccc([N+](=O)[O-])cc1. The standard InChI is InChI=1S/C25H23N3O11/c1-15(12-38-25(32)39-14-17-4-8-19(9-5-17)28(35)36)23-21(26-24(23)31)10-20(29)11-22(30)37-13-16-2-6-18(7-3-16)27(33)34/h2-9,21H,10-14H2,1H3,(H,26,31)/b23-15+/t21-/m1/s1. The molecule has 2 aromatic rings. The van der Waals surface area contributed by atoms with Crippen LogP contribution in [0.15, 0.2) is 59.7 Å². The lowest BCUT2D eigenvalue weighted by molar-refractivity contribution is -0.385. The molecule has 0 saturated carbocycles. The van der Waals surface area contributed by atoms with Gasteiger partial charge in [-0.25, -0.2) is 4.79 Å². The molecule has 1 amide bonds. The molecule has 1 atom stereocenters. The van der Waals surface area contributed by atoms with Crippen LogP contribution in [0.25, 0.3) is 0 Å². The van der Waals surface area contributed by atoms with Gasteiger partial charge in [0.25, 0.3) is 11.4 Å². The predicted molar refractivity (Wildman–Crippen MR) is 131 cm³/mol. The Balaban J connectivity index is 1.41. The lowest BCUT2D eigenvalue weighted by Crippen LogP contribution is -2.53. The molecule has 0 aromatic heterocycles. The Labute approximate surface area is 220 Å². The van der Waals surface area contributed by atoms with Gasteiger partial charge in [-0.3, -0.25) is 34.6 Å². The van der Waals surface area contributed by atoms with Gasteiger partial charge in [-0.2, -0.15) is 0 Å². The van der Waals surface area contributed by atoms with Crippen LogP contribution < -0.4 is 5.32 Å². The number of nitrogens with zero attached hydrogens (tertiary/aromatic N) is 2. The number of nitro benzene ring substituents is 2. The van der Waals surface area contributed by atoms with Gasteiger partial charge in [0.1, 0.15) is 32.0 Å². The largest absolute Gasteiger partial charge is 0.508 e. The average molecular weight is 541 g/mol. The second kappa shape index (κ2) is 12.9. The Morgan fingerprint density at radius 2 is 1.36 bits per heavy atom. The first-order chi connectivity index (χ1) is 18.5. The molecule has 0 aliphatic carbocycles. The number of amides is 1. The summed E-state index contributed by atoms with van der Waals surface area (Å²) in [5.74, 6) is -1.71. The van der Waals surface area contributed by atoms with Crippen molar-refractivity contribution in [1.82, 2.24) is 5.32 Å². The van der Waals surface area contributed by atoms with Crippen molar-refractivity contribution in [2.45, 2.75) is 39.0 Å². The van der Waals surface area contributed by atoms with Crippen molar-refractivity contribution < 1.29 is 43.2 Å². The van der Waals surface area contributed by atoms with Gasteiger partial charge in [0.05, 0.1) is 15.9 Å². The minimum absolute atomic E-state index is 0.102. The van der Waals surface area contributed by atoms with Gasteiger partial charge in [-0.05, 0) is 47.9 Å². The highest BCUT2D eigenvalue weighted by molar-refractivity contribution is 6.05. The zero-order valence-electron chi connectivity index (χ0n) is 20.6. The maximum atomic E-state index is 12.3. The highest BCUT2D eigenvalue weighted by Gasteiger charge is 2.36. The van der Waals surface area contributed by atoms with E-state index in [0.29, 0.717) is 16.7 Å². The Morgan fingerprint density at radius 3 is 1.85 bits per heavy atom. The molecular formula is C25H23N3O11. The number of ketones is 1. The Hall–Kier alpha value is -5.14. The van der Waals surface area contributed by atoms with Crippen LogP contribution >= 0.6 is 0 Å². The minimum atomic E-state index is -1.02. The summed E-state index contributed by atoms with van der Waals surface area (Å²) in [4.78, 5) is 68.5. The van der Waals surface area contributed by atoms with Crippen LogP contribution in [-0.4, -0.2) is 46.3 Å². The molecule has 1 aliphatic heterocycles. The molecule has 14 nitrogen and oxygen atoms in total. The minimum Gasteiger partial charge on any atom is -0.460 e. The third kappa shape index (κ3) is 8.18. The molecule has 1 aliphatic rings. The zero-order chi connectivity index (χ0) is 28.5. The average Bonchev–Trinajstić information content (AvgIpc) is 2.89. The smallest absolute Gasteiger partial charge is 0.460 e. The highest BCUT2D eigenvalue weighted by Crippen LogP contribution is 2.23. The lowest BCUT2D eigenvalue weighted by Gasteiger charge is -2.31. The van der Waals surface area contributed by atoms with E-state index in [9.17, 15) is 39.4 Å². The molecule has 0 spiro atoms. The van der Waals surface area contributed by atoms with Crippen molar-refractivity contribution in [1.29, 1.82) is 0 Å². The summed E-state index contributed by atoms with van der Waals surface area (Å²) in [5, 5.41) is 23.9. The molecule has 2 aromatic carbocycles. The number of esters is 1. The molecule has 1 fully saturated rings. The van der Waals surface area contributed by atoms with Gasteiger partial charge >= 0.3 is 12.1 Å². The summed E-state index contributed by atoms with van der Waals surface area (Å²) in [6.45, 7) is 0.938. The van der Waals surface area contributed by atoms with E-state index in [0.717, 1.165) is 0 Å². The number of ether oxygens (including phenoxy) is 3. The second-order valence-corrected chi connectivity index (χ2v) is 8.47. The van der Waals surface area contributed by atoms with Crippen LogP contribution in [0, 0.1) is 20.2 Å². The van der Waals surface area contributed by atoms with Crippen molar-refractivity contribution in [3.63, 3.8) is 0 Å². The number of nitro groups is 2. The Bertz CT molecular complexity index is 1320. The van der Waals surface area contributed by atoms with Crippen LogP contribution in [0.2, 0.25) is 0 Å². The zero-order valence-corrected chi connectivity index (χ0v) is 20.6. The molecule has 0 radical (unpaired) electrons. The Morgan fingerprint density at radius 1 is 0.846 bits per heavy atom. The van der Waals surface area contributed by atoms with Crippen molar-refractivity contribution >= 4 is 35.2 Å². The maximum absolute atomic E-state index is 12.3. The van der Waals surface area contributed by atoms with Crippen molar-refractivity contribution in [3.8, 4) is 0 Å². The van der Waals surface area contributed by atoms with E-state index in [1.807, 2.05) is 0 Å². The van der Waals surface area contributed by atoms with Gasteiger partial charge in [-0.1, -0.05) is 0 Å². The summed E-state index contributed by atoms with van der Waals surface area (Å²) in [6, 6.07) is 10.2. The van der Waals surface area contributed by atoms with Crippen LogP contribution in [0.5, 0.6) is 0 Å². The number of carbonyl (C=O) groups is 4. The van der Waals surface area contributed by atoms with Gasteiger partial charge in [0, 0.05) is 36.3 Å². The number of Topliss-reactive ketones (excluding diaryl/α,β-unsaturated/α-hetero) is 1. The second-order valence-electron chi connectivity index (χ2n) is 8.47. The number of nitrogens with one attached hydrogen (secondary N) is 1. The fourth-order valence-electron chi connectivity index (χ4n) is 3.57. The van der Waals surface area contributed by atoms with Crippen molar-refractivity contribution in [2.24, 2.45) is 0 Å². The van der Waals surface area contributed by atoms with Crippen LogP contribution in [0.3, 0.4) is 0 Å². The summed E-state index contributed by atoms with van der Waals surface area (Å²) >= 11 is 0. The maximum Gasteiger partial charge on any atom is 0.508 e. The topological polar surface area (TPSA) is 194 Å². The van der Waals surface area contributed by atoms with Gasteiger partial charge < -0.3 is 19.5 Å². The molecule has 3 rings (SSSR count). The number of hydrogen-bond donors (Lipinski definition) is 1. The van der Waals surface area contributed by atoms with Gasteiger partial charge in [0.15, 0.2) is 0 Å². The number of β-lactam (4-membered cyclic amide) rings is 1. The van der Waals surface area contributed by atoms with Crippen molar-refractivity contribution in [3.05, 3.63) is 91.0 Å². The molecule has 1 N–H and O–H groups in total. The van der Waals surface area contributed by atoms with E-state index in [1.54, 1.807) is 6.92 Å². The monoisotopic (exact) mass is 541 g/mol. The first-order valence-electron chi connectivity index (χ1n) is 11.5. The molecule has 0 bridgehead atoms. The summed E-state index contributed by atoms with van der Waals surface area (Å²) < 4.78 is 15.0. The van der Waals surface area contributed by atoms with E-state index in [-0.39, 0.29) is 43.2 Å². The van der Waals surface area contributed by atoms with Gasteiger partial charge in [-0.15, -0.1) is 0 Å². The molecule has 0 unspecified atom stereocenters. The number of hydrogen-bond acceptors (Lipinski definition) is 11. The fourth-order valence-corrected chi connectivity index (χ4v) is 3.57. The quantitative estimate of drug-likeness (QED) is 0.104. The molecule has 39 heavy (non-hydrogen) atoms. The van der Waals surface area contributed by atoms with E-state index in [4.69, 9.17) is 14.2 Å². The molecule has 14 heteroatoms. The van der Waals surface area contributed by atoms with Crippen LogP contribution in [0.4, 0.5) is 16.2 Å². The van der Waals surface area contributed by atoms with E-state index in [2.05, 4.69) is 5.32 Å². The predicted octanol–water partition coefficient (Wildman–Crippen LogP) is 3.06.